The Morgan fingerprint density at radius 3 is 2.00 bits per heavy atom. The Kier molecular flexibility index (Phi) is 11.0. The van der Waals surface area contributed by atoms with Crippen LogP contribution < -0.4 is 11.6 Å². The van der Waals surface area contributed by atoms with Gasteiger partial charge in [-0.2, -0.15) is 0 Å². The lowest BCUT2D eigenvalue weighted by Gasteiger charge is -2.14. The van der Waals surface area contributed by atoms with Gasteiger partial charge >= 0.3 is 5.97 Å². The first kappa shape index (κ1) is 17.7. The number of hydroxylamine groups is 1. The lowest BCUT2D eigenvalue weighted by atomic mass is 10.1. The standard InChI is InChI=1S/C13H28N4O2/c1-2-3-4-5-6-7-8-9-10-11-12(18)19-17(16)13(14)15/h2-11,16H2,1H3,(H3,14,15). The quantitative estimate of drug-likeness (QED) is 0.186. The van der Waals surface area contributed by atoms with Crippen LogP contribution in [0, 0.1) is 5.41 Å². The minimum absolute atomic E-state index is 0.316. The molecule has 0 heterocycles. The van der Waals surface area contributed by atoms with Gasteiger partial charge in [0.25, 0.3) is 0 Å². The number of guanidine groups is 1. The van der Waals surface area contributed by atoms with Crippen LogP contribution in [0.15, 0.2) is 0 Å². The van der Waals surface area contributed by atoms with Gasteiger partial charge in [-0.25, -0.2) is 10.6 Å². The number of nitrogens with two attached hydrogens (primary N) is 2. The molecule has 0 rings (SSSR count). The fourth-order valence-electron chi connectivity index (χ4n) is 1.78. The fraction of sp³-hybridized carbons (Fsp3) is 0.846. The van der Waals surface area contributed by atoms with E-state index in [4.69, 9.17) is 17.0 Å². The van der Waals surface area contributed by atoms with Gasteiger partial charge in [-0.15, -0.1) is 5.17 Å². The van der Waals surface area contributed by atoms with Gasteiger partial charge in [0.15, 0.2) is 0 Å². The first-order valence-corrected chi connectivity index (χ1v) is 7.17. The van der Waals surface area contributed by atoms with Crippen molar-refractivity contribution in [3.05, 3.63) is 0 Å². The average molecular weight is 272 g/mol. The maximum Gasteiger partial charge on any atom is 0.334 e. The van der Waals surface area contributed by atoms with Gasteiger partial charge in [0.05, 0.1) is 0 Å². The van der Waals surface area contributed by atoms with Gasteiger partial charge in [0.1, 0.15) is 0 Å². The van der Waals surface area contributed by atoms with Gasteiger partial charge in [-0.1, -0.05) is 58.3 Å². The Hall–Kier alpha value is -1.30. The Morgan fingerprint density at radius 2 is 1.53 bits per heavy atom. The van der Waals surface area contributed by atoms with E-state index in [1.54, 1.807) is 0 Å². The molecular formula is C13H28N4O2. The third kappa shape index (κ3) is 11.5. The fourth-order valence-corrected chi connectivity index (χ4v) is 1.78. The molecule has 5 N–H and O–H groups in total. The normalized spacial score (nSPS) is 10.2. The Labute approximate surface area is 115 Å². The van der Waals surface area contributed by atoms with Crippen molar-refractivity contribution in [3.8, 4) is 0 Å². The van der Waals surface area contributed by atoms with Crippen molar-refractivity contribution in [3.63, 3.8) is 0 Å². The summed E-state index contributed by atoms with van der Waals surface area (Å²) in [4.78, 5) is 15.9. The van der Waals surface area contributed by atoms with Crippen LogP contribution in [0.5, 0.6) is 0 Å². The van der Waals surface area contributed by atoms with Crippen molar-refractivity contribution in [2.45, 2.75) is 71.1 Å². The van der Waals surface area contributed by atoms with Crippen molar-refractivity contribution < 1.29 is 9.63 Å². The summed E-state index contributed by atoms with van der Waals surface area (Å²) in [6.45, 7) is 2.22. The van der Waals surface area contributed by atoms with Crippen molar-refractivity contribution in [2.24, 2.45) is 11.6 Å². The zero-order valence-corrected chi connectivity index (χ0v) is 12.0. The van der Waals surface area contributed by atoms with Gasteiger partial charge in [-0.3, -0.25) is 5.41 Å². The number of carbonyl (C=O) groups excluding carboxylic acids is 1. The highest BCUT2D eigenvalue weighted by Gasteiger charge is 2.08. The van der Waals surface area contributed by atoms with E-state index in [9.17, 15) is 4.79 Å². The molecule has 0 bridgehead atoms. The molecule has 0 aliphatic carbocycles. The summed E-state index contributed by atoms with van der Waals surface area (Å²) in [6, 6.07) is 0. The molecule has 112 valence electrons. The minimum atomic E-state index is -0.486. The van der Waals surface area contributed by atoms with E-state index in [1.165, 1.54) is 38.5 Å². The van der Waals surface area contributed by atoms with Crippen LogP contribution in [0.3, 0.4) is 0 Å². The Bertz CT molecular complexity index is 259. The number of nitrogens with one attached hydrogen (secondary N) is 1. The summed E-state index contributed by atoms with van der Waals surface area (Å²) in [6.07, 6.45) is 11.1. The lowest BCUT2D eigenvalue weighted by molar-refractivity contribution is -0.174. The maximum atomic E-state index is 11.3. The second-order valence-corrected chi connectivity index (χ2v) is 4.75. The zero-order chi connectivity index (χ0) is 14.5. The highest BCUT2D eigenvalue weighted by atomic mass is 16.7. The Balaban J connectivity index is 3.30. The minimum Gasteiger partial charge on any atom is -0.366 e. The SMILES string of the molecule is CCCCCCCCCCCC(=O)ON(N)C(=N)N. The number of hydrazine groups is 1. The summed E-state index contributed by atoms with van der Waals surface area (Å²) in [7, 11) is 0. The summed E-state index contributed by atoms with van der Waals surface area (Å²) < 4.78 is 0. The van der Waals surface area contributed by atoms with Crippen LogP contribution >= 0.6 is 0 Å². The molecule has 0 saturated carbocycles. The molecule has 0 fully saturated rings. The number of hydrogen-bond acceptors (Lipinski definition) is 4. The number of nitrogens with zero attached hydrogens (tertiary/aromatic N) is 1. The molecule has 0 spiro atoms. The first-order chi connectivity index (χ1) is 9.07. The highest BCUT2D eigenvalue weighted by molar-refractivity contribution is 5.76. The molecule has 6 heteroatoms. The number of carbonyl (C=O) groups is 1. The van der Waals surface area contributed by atoms with E-state index < -0.39 is 11.9 Å². The topological polar surface area (TPSA) is 105 Å². The molecule has 0 atom stereocenters. The van der Waals surface area contributed by atoms with Crippen LogP contribution in [0.1, 0.15) is 71.1 Å². The largest absolute Gasteiger partial charge is 0.366 e. The van der Waals surface area contributed by atoms with Crippen LogP contribution in [0.25, 0.3) is 0 Å². The molecule has 0 unspecified atom stereocenters. The summed E-state index contributed by atoms with van der Waals surface area (Å²) in [5.74, 6) is 4.24. The second-order valence-electron chi connectivity index (χ2n) is 4.75. The maximum absolute atomic E-state index is 11.3. The number of rotatable bonds is 10. The molecule has 0 aromatic rings. The molecule has 6 nitrogen and oxygen atoms in total. The molecule has 0 aromatic heterocycles. The molecule has 0 aliphatic heterocycles. The lowest BCUT2D eigenvalue weighted by Crippen LogP contribution is -2.43. The molecular weight excluding hydrogens is 244 g/mol. The third-order valence-corrected chi connectivity index (χ3v) is 2.92. The van der Waals surface area contributed by atoms with Gasteiger partial charge in [-0.05, 0) is 6.42 Å². The Morgan fingerprint density at radius 1 is 1.05 bits per heavy atom. The van der Waals surface area contributed by atoms with Gasteiger partial charge < -0.3 is 10.6 Å². The van der Waals surface area contributed by atoms with E-state index in [-0.39, 0.29) is 0 Å². The molecule has 0 saturated heterocycles. The van der Waals surface area contributed by atoms with Gasteiger partial charge in [0.2, 0.25) is 5.96 Å². The van der Waals surface area contributed by atoms with Crippen LogP contribution in [0.2, 0.25) is 0 Å². The monoisotopic (exact) mass is 272 g/mol. The van der Waals surface area contributed by atoms with Crippen molar-refractivity contribution >= 4 is 11.9 Å². The molecule has 0 amide bonds. The number of unbranched alkanes of at least 4 members (excludes halogenated alkanes) is 8. The van der Waals surface area contributed by atoms with E-state index in [2.05, 4.69) is 11.8 Å². The molecule has 19 heavy (non-hydrogen) atoms. The average Bonchev–Trinajstić information content (AvgIpc) is 2.36. The van der Waals surface area contributed by atoms with Crippen LogP contribution in [-0.4, -0.2) is 17.1 Å². The van der Waals surface area contributed by atoms with Crippen LogP contribution in [-0.2, 0) is 9.63 Å². The highest BCUT2D eigenvalue weighted by Crippen LogP contribution is 2.10. The van der Waals surface area contributed by atoms with Crippen LogP contribution in [0.4, 0.5) is 0 Å². The van der Waals surface area contributed by atoms with E-state index >= 15 is 0 Å². The summed E-state index contributed by atoms with van der Waals surface area (Å²) in [5.41, 5.74) is 5.04. The predicted octanol–water partition coefficient (Wildman–Crippen LogP) is 2.43. The van der Waals surface area contributed by atoms with E-state index in [0.29, 0.717) is 11.6 Å². The van der Waals surface area contributed by atoms with Crippen molar-refractivity contribution in [1.82, 2.24) is 5.17 Å². The van der Waals surface area contributed by atoms with E-state index in [0.717, 1.165) is 19.3 Å². The molecule has 0 radical (unpaired) electrons. The molecule has 0 aliphatic rings. The van der Waals surface area contributed by atoms with Crippen molar-refractivity contribution in [1.29, 1.82) is 5.41 Å². The third-order valence-electron chi connectivity index (χ3n) is 2.92. The first-order valence-electron chi connectivity index (χ1n) is 7.17. The van der Waals surface area contributed by atoms with Gasteiger partial charge in [0, 0.05) is 6.42 Å². The molecule has 0 aromatic carbocycles. The zero-order valence-electron chi connectivity index (χ0n) is 12.0. The summed E-state index contributed by atoms with van der Waals surface area (Å²) >= 11 is 0. The smallest absolute Gasteiger partial charge is 0.334 e. The van der Waals surface area contributed by atoms with E-state index in [1.807, 2.05) is 0 Å². The number of hydrogen-bond donors (Lipinski definition) is 3. The van der Waals surface area contributed by atoms with Crippen molar-refractivity contribution in [2.75, 3.05) is 0 Å². The summed E-state index contributed by atoms with van der Waals surface area (Å²) in [5, 5.41) is 7.41. The predicted molar refractivity (Wildman–Crippen MR) is 75.9 cm³/mol. The second kappa shape index (κ2) is 11.8.